The number of ether oxygens (including phenoxy) is 2. The number of hydrogen-bond acceptors (Lipinski definition) is 6. The van der Waals surface area contributed by atoms with Gasteiger partial charge in [-0.15, -0.1) is 0 Å². The highest BCUT2D eigenvalue weighted by atomic mass is 35.5. The van der Waals surface area contributed by atoms with Gasteiger partial charge in [-0.3, -0.25) is 13.9 Å². The van der Waals surface area contributed by atoms with Crippen LogP contribution in [0.4, 0.5) is 5.69 Å². The molecule has 0 unspecified atom stereocenters. The minimum absolute atomic E-state index is 0.110. The van der Waals surface area contributed by atoms with Gasteiger partial charge < -0.3 is 19.7 Å². The summed E-state index contributed by atoms with van der Waals surface area (Å²) in [5.74, 6) is -0.0611. The number of halogens is 1. The molecule has 0 radical (unpaired) electrons. The number of nitrogens with one attached hydrogen (secondary N) is 1. The van der Waals surface area contributed by atoms with Crippen molar-refractivity contribution in [2.45, 2.75) is 45.7 Å². The van der Waals surface area contributed by atoms with E-state index in [0.717, 1.165) is 29.0 Å². The van der Waals surface area contributed by atoms with Crippen LogP contribution in [0.3, 0.4) is 0 Å². The van der Waals surface area contributed by atoms with Crippen LogP contribution in [0, 0.1) is 0 Å². The maximum atomic E-state index is 13.7. The van der Waals surface area contributed by atoms with Gasteiger partial charge >= 0.3 is 0 Å². The van der Waals surface area contributed by atoms with Crippen molar-refractivity contribution in [2.24, 2.45) is 0 Å². The maximum absolute atomic E-state index is 13.7. The molecule has 2 aromatic rings. The third kappa shape index (κ3) is 8.53. The Hall–Kier alpha value is -2.98. The van der Waals surface area contributed by atoms with Gasteiger partial charge in [0.05, 0.1) is 26.2 Å². The fourth-order valence-corrected chi connectivity index (χ4v) is 4.77. The SMILES string of the molecule is CCCCNC(=O)[C@H](CC)N(Cc1ccc(Cl)cc1)C(=O)CN(c1ccc(OC)c(OC)c1)S(C)(=O)=O. The first kappa shape index (κ1) is 30.2. The Morgan fingerprint density at radius 3 is 2.22 bits per heavy atom. The van der Waals surface area contributed by atoms with Gasteiger partial charge in [0.2, 0.25) is 21.8 Å². The molecule has 2 aromatic carbocycles. The van der Waals surface area contributed by atoms with Crippen LogP contribution in [0.1, 0.15) is 38.7 Å². The number of hydrogen-bond donors (Lipinski definition) is 1. The van der Waals surface area contributed by atoms with E-state index in [2.05, 4.69) is 5.32 Å². The van der Waals surface area contributed by atoms with Crippen LogP contribution in [0.25, 0.3) is 0 Å². The summed E-state index contributed by atoms with van der Waals surface area (Å²) in [6.07, 6.45) is 3.11. The molecule has 9 nitrogen and oxygen atoms in total. The molecule has 2 amide bonds. The second-order valence-corrected chi connectivity index (χ2v) is 10.9. The molecule has 0 aliphatic rings. The van der Waals surface area contributed by atoms with Gasteiger partial charge in [0, 0.05) is 24.2 Å². The maximum Gasteiger partial charge on any atom is 0.244 e. The Bertz CT molecular complexity index is 1160. The Morgan fingerprint density at radius 2 is 1.68 bits per heavy atom. The average Bonchev–Trinajstić information content (AvgIpc) is 2.87. The highest BCUT2D eigenvalue weighted by molar-refractivity contribution is 7.92. The minimum atomic E-state index is -3.87. The number of rotatable bonds is 14. The van der Waals surface area contributed by atoms with Crippen molar-refractivity contribution in [2.75, 3.05) is 37.9 Å². The zero-order valence-corrected chi connectivity index (χ0v) is 23.6. The zero-order chi connectivity index (χ0) is 27.6. The van der Waals surface area contributed by atoms with E-state index in [1.165, 1.54) is 31.3 Å². The van der Waals surface area contributed by atoms with Gasteiger partial charge in [-0.05, 0) is 42.7 Å². The molecule has 0 heterocycles. The number of nitrogens with zero attached hydrogens (tertiary/aromatic N) is 2. The van der Waals surface area contributed by atoms with E-state index in [9.17, 15) is 18.0 Å². The predicted molar refractivity (Wildman–Crippen MR) is 146 cm³/mol. The van der Waals surface area contributed by atoms with Crippen LogP contribution in [-0.2, 0) is 26.2 Å². The first-order valence-corrected chi connectivity index (χ1v) is 14.3. The van der Waals surface area contributed by atoms with E-state index in [4.69, 9.17) is 21.1 Å². The Morgan fingerprint density at radius 1 is 1.03 bits per heavy atom. The highest BCUT2D eigenvalue weighted by Gasteiger charge is 2.32. The van der Waals surface area contributed by atoms with Crippen LogP contribution >= 0.6 is 11.6 Å². The largest absolute Gasteiger partial charge is 0.493 e. The second kappa shape index (κ2) is 14.1. The van der Waals surface area contributed by atoms with E-state index < -0.39 is 28.5 Å². The monoisotopic (exact) mass is 553 g/mol. The standard InChI is InChI=1S/C26H36ClN3O6S/c1-6-8-15-28-26(32)22(7-2)29(17-19-9-11-20(27)12-10-19)25(31)18-30(37(5,33)34)21-13-14-23(35-3)24(16-21)36-4/h9-14,16,22H,6-8,15,17-18H2,1-5H3,(H,28,32)/t22-/m0/s1. The third-order valence-corrected chi connectivity index (χ3v) is 7.21. The van der Waals surface area contributed by atoms with Crippen molar-refractivity contribution >= 4 is 39.1 Å². The van der Waals surface area contributed by atoms with Crippen LogP contribution in [-0.4, -0.2) is 64.7 Å². The first-order chi connectivity index (χ1) is 17.5. The van der Waals surface area contributed by atoms with Crippen molar-refractivity contribution in [3.05, 3.63) is 53.1 Å². The fraction of sp³-hybridized carbons (Fsp3) is 0.462. The number of anilines is 1. The number of amides is 2. The van der Waals surface area contributed by atoms with Crippen molar-refractivity contribution in [1.82, 2.24) is 10.2 Å². The molecule has 1 N–H and O–H groups in total. The summed E-state index contributed by atoms with van der Waals surface area (Å²) in [4.78, 5) is 28.2. The van der Waals surface area contributed by atoms with Gasteiger partial charge in [0.1, 0.15) is 12.6 Å². The fourth-order valence-electron chi connectivity index (χ4n) is 3.81. The topological polar surface area (TPSA) is 105 Å². The molecular formula is C26H36ClN3O6S. The van der Waals surface area contributed by atoms with Crippen LogP contribution < -0.4 is 19.1 Å². The lowest BCUT2D eigenvalue weighted by atomic mass is 10.1. The average molecular weight is 554 g/mol. The molecule has 204 valence electrons. The lowest BCUT2D eigenvalue weighted by Gasteiger charge is -2.33. The van der Waals surface area contributed by atoms with Crippen molar-refractivity contribution in [3.8, 4) is 11.5 Å². The van der Waals surface area contributed by atoms with Crippen LogP contribution in [0.15, 0.2) is 42.5 Å². The van der Waals surface area contributed by atoms with Crippen molar-refractivity contribution < 1.29 is 27.5 Å². The molecule has 0 aromatic heterocycles. The van der Waals surface area contributed by atoms with Gasteiger partial charge in [-0.2, -0.15) is 0 Å². The van der Waals surface area contributed by atoms with E-state index in [0.29, 0.717) is 29.5 Å². The molecule has 0 aliphatic heterocycles. The summed E-state index contributed by atoms with van der Waals surface area (Å²) < 4.78 is 37.1. The Balaban J connectivity index is 2.44. The summed E-state index contributed by atoms with van der Waals surface area (Å²) in [5.41, 5.74) is 0.995. The number of carbonyl (C=O) groups excluding carboxylic acids is 2. The van der Waals surface area contributed by atoms with Crippen molar-refractivity contribution in [3.63, 3.8) is 0 Å². The van der Waals surface area contributed by atoms with Crippen LogP contribution in [0.2, 0.25) is 5.02 Å². The quantitative estimate of drug-likeness (QED) is 0.356. The molecule has 37 heavy (non-hydrogen) atoms. The Kier molecular flexibility index (Phi) is 11.5. The smallest absolute Gasteiger partial charge is 0.244 e. The minimum Gasteiger partial charge on any atom is -0.493 e. The molecule has 0 bridgehead atoms. The molecule has 0 saturated heterocycles. The van der Waals surface area contributed by atoms with Crippen molar-refractivity contribution in [1.29, 1.82) is 0 Å². The summed E-state index contributed by atoms with van der Waals surface area (Å²) in [7, 11) is -0.957. The third-order valence-electron chi connectivity index (χ3n) is 5.82. The summed E-state index contributed by atoms with van der Waals surface area (Å²) in [5, 5.41) is 3.44. The van der Waals surface area contributed by atoms with E-state index >= 15 is 0 Å². The molecule has 0 spiro atoms. The summed E-state index contributed by atoms with van der Waals surface area (Å²) in [6.45, 7) is 3.94. The Labute approximate surface area is 224 Å². The lowest BCUT2D eigenvalue weighted by Crippen LogP contribution is -2.52. The molecule has 11 heteroatoms. The highest BCUT2D eigenvalue weighted by Crippen LogP contribution is 2.32. The molecular weight excluding hydrogens is 518 g/mol. The molecule has 1 atom stereocenters. The number of benzene rings is 2. The van der Waals surface area contributed by atoms with Gasteiger partial charge in [0.15, 0.2) is 11.5 Å². The lowest BCUT2D eigenvalue weighted by molar-refractivity contribution is -0.140. The number of unbranched alkanes of at least 4 members (excludes halogenated alkanes) is 1. The van der Waals surface area contributed by atoms with E-state index in [1.807, 2.05) is 13.8 Å². The molecule has 0 saturated carbocycles. The van der Waals surface area contributed by atoms with Crippen LogP contribution in [0.5, 0.6) is 11.5 Å². The number of carbonyl (C=O) groups is 2. The molecule has 2 rings (SSSR count). The van der Waals surface area contributed by atoms with E-state index in [-0.39, 0.29) is 18.1 Å². The predicted octanol–water partition coefficient (Wildman–Crippen LogP) is 3.85. The molecule has 0 fully saturated rings. The zero-order valence-electron chi connectivity index (χ0n) is 22.0. The normalized spacial score (nSPS) is 11.9. The molecule has 0 aliphatic carbocycles. The number of methoxy groups -OCH3 is 2. The van der Waals surface area contributed by atoms with E-state index in [1.54, 1.807) is 30.3 Å². The van der Waals surface area contributed by atoms with Gasteiger partial charge in [-0.25, -0.2) is 8.42 Å². The van der Waals surface area contributed by atoms with Gasteiger partial charge in [-0.1, -0.05) is 44.0 Å². The number of sulfonamides is 1. The summed E-state index contributed by atoms with van der Waals surface area (Å²) >= 11 is 6.02. The first-order valence-electron chi connectivity index (χ1n) is 12.1. The second-order valence-electron chi connectivity index (χ2n) is 8.53. The summed E-state index contributed by atoms with van der Waals surface area (Å²) in [6, 6.07) is 10.8. The van der Waals surface area contributed by atoms with Gasteiger partial charge in [0.25, 0.3) is 0 Å².